The van der Waals surface area contributed by atoms with Gasteiger partial charge < -0.3 is 0 Å². The van der Waals surface area contributed by atoms with Gasteiger partial charge in [-0.15, -0.1) is 0 Å². The summed E-state index contributed by atoms with van der Waals surface area (Å²) in [6, 6.07) is 10.5. The van der Waals surface area contributed by atoms with Gasteiger partial charge in [0.05, 0.1) is 10.9 Å². The van der Waals surface area contributed by atoms with Crippen LogP contribution in [0.2, 0.25) is 0 Å². The molecule has 0 saturated carbocycles. The van der Waals surface area contributed by atoms with Crippen LogP contribution in [0, 0.1) is 17.6 Å². The third kappa shape index (κ3) is 3.90. The van der Waals surface area contributed by atoms with Crippen molar-refractivity contribution in [3.63, 3.8) is 0 Å². The lowest BCUT2D eigenvalue weighted by Crippen LogP contribution is -2.25. The second kappa shape index (κ2) is 7.35. The number of benzene rings is 2. The Labute approximate surface area is 148 Å². The third-order valence-corrected chi connectivity index (χ3v) is 4.76. The van der Waals surface area contributed by atoms with Crippen molar-refractivity contribution in [1.29, 1.82) is 0 Å². The first kappa shape index (κ1) is 17.6. The fraction of sp³-hybridized carbons (Fsp3) is 0.263. The summed E-state index contributed by atoms with van der Waals surface area (Å²) in [5.74, 6) is -0.492. The number of thioether (sulfide) groups is 1. The predicted octanol–water partition coefficient (Wildman–Crippen LogP) is 4.62. The molecule has 0 aliphatic carbocycles. The van der Waals surface area contributed by atoms with Crippen LogP contribution in [0.4, 0.5) is 8.78 Å². The molecular weight excluding hydrogens is 342 g/mol. The van der Waals surface area contributed by atoms with Gasteiger partial charge in [-0.25, -0.2) is 13.8 Å². The van der Waals surface area contributed by atoms with Crippen LogP contribution in [0.15, 0.2) is 52.4 Å². The van der Waals surface area contributed by atoms with Gasteiger partial charge >= 0.3 is 0 Å². The lowest BCUT2D eigenvalue weighted by molar-refractivity contribution is 0.475. The van der Waals surface area contributed by atoms with Gasteiger partial charge in [-0.1, -0.05) is 37.7 Å². The largest absolute Gasteiger partial charge is 0.287 e. The zero-order valence-electron chi connectivity index (χ0n) is 14.0. The average Bonchev–Trinajstić information content (AvgIpc) is 2.58. The molecule has 1 heterocycles. The fourth-order valence-electron chi connectivity index (χ4n) is 2.58. The molecule has 2 aromatic carbocycles. The molecule has 3 aromatic rings. The Balaban J connectivity index is 2.01. The van der Waals surface area contributed by atoms with Gasteiger partial charge in [0, 0.05) is 17.9 Å². The maximum atomic E-state index is 13.8. The molecule has 0 bridgehead atoms. The first-order valence-electron chi connectivity index (χ1n) is 8.02. The Morgan fingerprint density at radius 1 is 1.16 bits per heavy atom. The molecule has 1 aromatic heterocycles. The van der Waals surface area contributed by atoms with Gasteiger partial charge in [0.15, 0.2) is 5.16 Å². The zero-order chi connectivity index (χ0) is 18.0. The highest BCUT2D eigenvalue weighted by atomic mass is 32.2. The van der Waals surface area contributed by atoms with Crippen LogP contribution in [0.5, 0.6) is 0 Å². The van der Waals surface area contributed by atoms with Crippen molar-refractivity contribution in [1.82, 2.24) is 9.55 Å². The van der Waals surface area contributed by atoms with Crippen LogP contribution >= 0.6 is 11.8 Å². The molecular formula is C19H18F2N2OS. The SMILES string of the molecule is CC(C)Cn1c(SCc2cc(F)ccc2F)nc2ccccc2c1=O. The summed E-state index contributed by atoms with van der Waals surface area (Å²) in [7, 11) is 0. The minimum Gasteiger partial charge on any atom is -0.287 e. The highest BCUT2D eigenvalue weighted by Crippen LogP contribution is 2.24. The van der Waals surface area contributed by atoms with E-state index in [1.54, 1.807) is 22.8 Å². The second-order valence-electron chi connectivity index (χ2n) is 6.25. The molecule has 0 N–H and O–H groups in total. The quantitative estimate of drug-likeness (QED) is 0.492. The van der Waals surface area contributed by atoms with Gasteiger partial charge in [0.25, 0.3) is 5.56 Å². The molecule has 3 rings (SSSR count). The monoisotopic (exact) mass is 360 g/mol. The summed E-state index contributed by atoms with van der Waals surface area (Å²) in [4.78, 5) is 17.4. The number of fused-ring (bicyclic) bond motifs is 1. The van der Waals surface area contributed by atoms with Crippen molar-refractivity contribution in [3.8, 4) is 0 Å². The zero-order valence-corrected chi connectivity index (χ0v) is 14.8. The molecule has 0 aliphatic rings. The van der Waals surface area contributed by atoms with Crippen molar-refractivity contribution in [2.75, 3.05) is 0 Å². The van der Waals surface area contributed by atoms with E-state index in [4.69, 9.17) is 0 Å². The number of para-hydroxylation sites is 1. The molecule has 6 heteroatoms. The first-order chi connectivity index (χ1) is 12.0. The Morgan fingerprint density at radius 3 is 2.68 bits per heavy atom. The average molecular weight is 360 g/mol. The van der Waals surface area contributed by atoms with Crippen LogP contribution in [-0.2, 0) is 12.3 Å². The Bertz CT molecular complexity index is 969. The van der Waals surface area contributed by atoms with E-state index in [0.29, 0.717) is 22.6 Å². The maximum absolute atomic E-state index is 13.8. The fourth-order valence-corrected chi connectivity index (χ4v) is 3.56. The Hall–Kier alpha value is -2.21. The summed E-state index contributed by atoms with van der Waals surface area (Å²) >= 11 is 1.24. The molecule has 0 aliphatic heterocycles. The van der Waals surface area contributed by atoms with Crippen LogP contribution in [0.1, 0.15) is 19.4 Å². The molecule has 3 nitrogen and oxygen atoms in total. The highest BCUT2D eigenvalue weighted by molar-refractivity contribution is 7.98. The normalized spacial score (nSPS) is 11.4. The van der Waals surface area contributed by atoms with E-state index in [0.717, 1.165) is 12.1 Å². The van der Waals surface area contributed by atoms with E-state index in [9.17, 15) is 13.6 Å². The van der Waals surface area contributed by atoms with Gasteiger partial charge in [0.2, 0.25) is 0 Å². The number of halogens is 2. The van der Waals surface area contributed by atoms with E-state index < -0.39 is 11.6 Å². The predicted molar refractivity (Wildman–Crippen MR) is 96.8 cm³/mol. The minimum atomic E-state index is -0.483. The van der Waals surface area contributed by atoms with E-state index in [1.165, 1.54) is 17.8 Å². The minimum absolute atomic E-state index is 0.110. The van der Waals surface area contributed by atoms with Crippen molar-refractivity contribution >= 4 is 22.7 Å². The van der Waals surface area contributed by atoms with Crippen molar-refractivity contribution in [2.45, 2.75) is 31.3 Å². The lowest BCUT2D eigenvalue weighted by atomic mass is 10.2. The summed E-state index contributed by atoms with van der Waals surface area (Å²) in [6.45, 7) is 4.55. The van der Waals surface area contributed by atoms with Crippen molar-refractivity contribution in [2.24, 2.45) is 5.92 Å². The topological polar surface area (TPSA) is 34.9 Å². The van der Waals surface area contributed by atoms with Gasteiger partial charge in [-0.2, -0.15) is 0 Å². The first-order valence-corrected chi connectivity index (χ1v) is 9.00. The highest BCUT2D eigenvalue weighted by Gasteiger charge is 2.14. The molecule has 25 heavy (non-hydrogen) atoms. The number of hydrogen-bond donors (Lipinski definition) is 0. The molecule has 0 spiro atoms. The Kier molecular flexibility index (Phi) is 5.18. The maximum Gasteiger partial charge on any atom is 0.262 e. The van der Waals surface area contributed by atoms with Gasteiger partial charge in [0.1, 0.15) is 11.6 Å². The van der Waals surface area contributed by atoms with E-state index in [2.05, 4.69) is 4.98 Å². The van der Waals surface area contributed by atoms with Crippen LogP contribution in [0.3, 0.4) is 0 Å². The van der Waals surface area contributed by atoms with Crippen LogP contribution in [-0.4, -0.2) is 9.55 Å². The molecule has 0 saturated heterocycles. The third-order valence-electron chi connectivity index (χ3n) is 3.74. The number of nitrogens with zero attached hydrogens (tertiary/aromatic N) is 2. The summed E-state index contributed by atoms with van der Waals surface area (Å²) in [5.41, 5.74) is 0.750. The molecule has 0 unspecified atom stereocenters. The number of aromatic nitrogens is 2. The molecule has 0 amide bonds. The smallest absolute Gasteiger partial charge is 0.262 e. The molecule has 0 fully saturated rings. The standard InChI is InChI=1S/C19H18F2N2OS/c1-12(2)10-23-18(24)15-5-3-4-6-17(15)22-19(23)25-11-13-9-14(20)7-8-16(13)21/h3-9,12H,10-11H2,1-2H3. The molecule has 0 radical (unpaired) electrons. The van der Waals surface area contributed by atoms with Crippen molar-refractivity contribution < 1.29 is 8.78 Å². The van der Waals surface area contributed by atoms with Crippen LogP contribution < -0.4 is 5.56 Å². The molecule has 130 valence electrons. The van der Waals surface area contributed by atoms with E-state index in [-0.39, 0.29) is 22.8 Å². The molecule has 0 atom stereocenters. The van der Waals surface area contributed by atoms with Crippen LogP contribution in [0.25, 0.3) is 10.9 Å². The van der Waals surface area contributed by atoms with Crippen molar-refractivity contribution in [3.05, 3.63) is 70.0 Å². The lowest BCUT2D eigenvalue weighted by Gasteiger charge is -2.15. The second-order valence-corrected chi connectivity index (χ2v) is 7.19. The summed E-state index contributed by atoms with van der Waals surface area (Å²) in [6.07, 6.45) is 0. The number of hydrogen-bond acceptors (Lipinski definition) is 3. The van der Waals surface area contributed by atoms with Gasteiger partial charge in [-0.3, -0.25) is 9.36 Å². The summed E-state index contributed by atoms with van der Waals surface area (Å²) in [5, 5.41) is 1.07. The van der Waals surface area contributed by atoms with E-state index >= 15 is 0 Å². The summed E-state index contributed by atoms with van der Waals surface area (Å²) < 4.78 is 28.8. The van der Waals surface area contributed by atoms with Gasteiger partial charge in [-0.05, 0) is 36.2 Å². The number of rotatable bonds is 5. The van der Waals surface area contributed by atoms with E-state index in [1.807, 2.05) is 19.9 Å². The Morgan fingerprint density at radius 2 is 1.92 bits per heavy atom.